The highest BCUT2D eigenvalue weighted by Gasteiger charge is 2.23. The molecule has 1 aliphatic rings. The molecule has 3 aromatic rings. The van der Waals surface area contributed by atoms with Gasteiger partial charge in [-0.15, -0.1) is 0 Å². The highest BCUT2D eigenvalue weighted by Crippen LogP contribution is 2.16. The molecule has 3 amide bonds. The first kappa shape index (κ1) is 22.0. The minimum absolute atomic E-state index is 0.0106. The summed E-state index contributed by atoms with van der Waals surface area (Å²) in [5.74, 6) is -0.119. The average Bonchev–Trinajstić information content (AvgIpc) is 2.95. The van der Waals surface area contributed by atoms with E-state index in [-0.39, 0.29) is 24.2 Å². The Labute approximate surface area is 191 Å². The fourth-order valence-corrected chi connectivity index (χ4v) is 4.20. The van der Waals surface area contributed by atoms with E-state index in [9.17, 15) is 14.4 Å². The number of hydrogen-bond donors (Lipinski definition) is 1. The molecule has 2 aromatic carbocycles. The van der Waals surface area contributed by atoms with Crippen LogP contribution in [0.4, 0.5) is 10.5 Å². The maximum Gasteiger partial charge on any atom is 0.329 e. The number of benzene rings is 2. The standard InChI is InChI=1S/C23H26ClN5O3/c1-2-28-19-6-3-4-7-20(19)29(23(28)32)16-21(30)26-12-5-13-27(15-14-26)22(31)25-18-10-8-17(24)9-11-18/h3-4,6-11H,2,5,12-16H2,1H3,(H,25,31). The number of rotatable bonds is 4. The number of carbonyl (C=O) groups is 2. The van der Waals surface area contributed by atoms with Gasteiger partial charge in [0.1, 0.15) is 6.54 Å². The Kier molecular flexibility index (Phi) is 6.50. The molecular formula is C23H26ClN5O3. The number of imidazole rings is 1. The fraction of sp³-hybridized carbons (Fsp3) is 0.348. The predicted molar refractivity (Wildman–Crippen MR) is 125 cm³/mol. The molecule has 1 fully saturated rings. The number of hydrogen-bond acceptors (Lipinski definition) is 3. The monoisotopic (exact) mass is 455 g/mol. The van der Waals surface area contributed by atoms with E-state index in [0.29, 0.717) is 49.9 Å². The zero-order chi connectivity index (χ0) is 22.7. The molecular weight excluding hydrogens is 430 g/mol. The van der Waals surface area contributed by atoms with Crippen LogP contribution in [0.25, 0.3) is 11.0 Å². The number of amides is 3. The number of aryl methyl sites for hydroxylation is 1. The van der Waals surface area contributed by atoms with Crippen LogP contribution < -0.4 is 11.0 Å². The summed E-state index contributed by atoms with van der Waals surface area (Å²) in [7, 11) is 0. The van der Waals surface area contributed by atoms with Crippen LogP contribution in [-0.4, -0.2) is 57.1 Å². The Morgan fingerprint density at radius 3 is 2.22 bits per heavy atom. The largest absolute Gasteiger partial charge is 0.339 e. The SMILES string of the molecule is CCn1c(=O)n(CC(=O)N2CCCN(C(=O)Nc3ccc(Cl)cc3)CC2)c2ccccc21. The third-order valence-electron chi connectivity index (χ3n) is 5.77. The Hall–Kier alpha value is -3.26. The summed E-state index contributed by atoms with van der Waals surface area (Å²) >= 11 is 5.89. The second-order valence-electron chi connectivity index (χ2n) is 7.76. The van der Waals surface area contributed by atoms with Crippen LogP contribution in [-0.2, 0) is 17.9 Å². The fourth-order valence-electron chi connectivity index (χ4n) is 4.07. The van der Waals surface area contributed by atoms with Crippen molar-refractivity contribution in [2.45, 2.75) is 26.4 Å². The lowest BCUT2D eigenvalue weighted by atomic mass is 10.3. The van der Waals surface area contributed by atoms with Crippen LogP contribution in [0.5, 0.6) is 0 Å². The highest BCUT2D eigenvalue weighted by molar-refractivity contribution is 6.30. The summed E-state index contributed by atoms with van der Waals surface area (Å²) in [6, 6.07) is 14.2. The van der Waals surface area contributed by atoms with Crippen molar-refractivity contribution in [3.63, 3.8) is 0 Å². The molecule has 168 valence electrons. The quantitative estimate of drug-likeness (QED) is 0.655. The van der Waals surface area contributed by atoms with Gasteiger partial charge in [-0.25, -0.2) is 9.59 Å². The molecule has 0 aliphatic carbocycles. The smallest absolute Gasteiger partial charge is 0.329 e. The van der Waals surface area contributed by atoms with Crippen molar-refractivity contribution < 1.29 is 9.59 Å². The van der Waals surface area contributed by atoms with E-state index in [1.165, 1.54) is 4.57 Å². The van der Waals surface area contributed by atoms with Gasteiger partial charge in [-0.2, -0.15) is 0 Å². The van der Waals surface area contributed by atoms with E-state index in [4.69, 9.17) is 11.6 Å². The minimum Gasteiger partial charge on any atom is -0.339 e. The molecule has 8 nitrogen and oxygen atoms in total. The maximum atomic E-state index is 13.0. The molecule has 0 atom stereocenters. The van der Waals surface area contributed by atoms with Crippen molar-refractivity contribution in [2.24, 2.45) is 0 Å². The molecule has 0 unspecified atom stereocenters. The lowest BCUT2D eigenvalue weighted by Crippen LogP contribution is -2.41. The molecule has 1 N–H and O–H groups in total. The summed E-state index contributed by atoms with van der Waals surface area (Å²) in [5, 5.41) is 3.47. The minimum atomic E-state index is -0.205. The first-order chi connectivity index (χ1) is 15.5. The van der Waals surface area contributed by atoms with Crippen LogP contribution in [0.3, 0.4) is 0 Å². The van der Waals surface area contributed by atoms with E-state index in [0.717, 1.165) is 11.0 Å². The number of nitrogens with zero attached hydrogens (tertiary/aromatic N) is 4. The zero-order valence-electron chi connectivity index (χ0n) is 18.0. The average molecular weight is 456 g/mol. The summed E-state index contributed by atoms with van der Waals surface area (Å²) < 4.78 is 3.21. The van der Waals surface area contributed by atoms with Crippen molar-refractivity contribution in [3.8, 4) is 0 Å². The number of urea groups is 1. The third-order valence-corrected chi connectivity index (χ3v) is 6.02. The number of carbonyl (C=O) groups excluding carboxylic acids is 2. The van der Waals surface area contributed by atoms with E-state index < -0.39 is 0 Å². The van der Waals surface area contributed by atoms with E-state index in [1.807, 2.05) is 31.2 Å². The second kappa shape index (κ2) is 9.48. The number of halogens is 1. The number of fused-ring (bicyclic) bond motifs is 1. The Balaban J connectivity index is 1.42. The van der Waals surface area contributed by atoms with Crippen LogP contribution in [0.1, 0.15) is 13.3 Å². The molecule has 4 rings (SSSR count). The van der Waals surface area contributed by atoms with Gasteiger partial charge in [0.25, 0.3) is 0 Å². The number of para-hydroxylation sites is 2. The molecule has 2 heterocycles. The maximum absolute atomic E-state index is 13.0. The van der Waals surface area contributed by atoms with Gasteiger partial charge in [-0.3, -0.25) is 13.9 Å². The normalized spacial score (nSPS) is 14.4. The molecule has 0 saturated carbocycles. The van der Waals surface area contributed by atoms with Gasteiger partial charge >= 0.3 is 11.7 Å². The van der Waals surface area contributed by atoms with Gasteiger partial charge in [0, 0.05) is 43.4 Å². The predicted octanol–water partition coefficient (Wildman–Crippen LogP) is 3.24. The molecule has 0 bridgehead atoms. The number of nitrogens with one attached hydrogen (secondary N) is 1. The van der Waals surface area contributed by atoms with E-state index in [1.54, 1.807) is 38.6 Å². The summed E-state index contributed by atoms with van der Waals surface area (Å²) in [5.41, 5.74) is 2.07. The summed E-state index contributed by atoms with van der Waals surface area (Å²) in [4.78, 5) is 41.9. The number of aromatic nitrogens is 2. The molecule has 1 aromatic heterocycles. The zero-order valence-corrected chi connectivity index (χ0v) is 18.7. The van der Waals surface area contributed by atoms with E-state index >= 15 is 0 Å². The van der Waals surface area contributed by atoms with Gasteiger partial charge in [0.05, 0.1) is 11.0 Å². The molecule has 32 heavy (non-hydrogen) atoms. The first-order valence-electron chi connectivity index (χ1n) is 10.7. The van der Waals surface area contributed by atoms with Gasteiger partial charge < -0.3 is 15.1 Å². The van der Waals surface area contributed by atoms with Crippen molar-refractivity contribution in [3.05, 3.63) is 64.0 Å². The Bertz CT molecular complexity index is 1180. The van der Waals surface area contributed by atoms with Gasteiger partial charge in [0.15, 0.2) is 0 Å². The first-order valence-corrected chi connectivity index (χ1v) is 11.1. The lowest BCUT2D eigenvalue weighted by molar-refractivity contribution is -0.131. The van der Waals surface area contributed by atoms with Gasteiger partial charge in [-0.1, -0.05) is 23.7 Å². The third kappa shape index (κ3) is 4.50. The van der Waals surface area contributed by atoms with Gasteiger partial charge in [0.2, 0.25) is 5.91 Å². The summed E-state index contributed by atoms with van der Waals surface area (Å²) in [6.45, 7) is 4.40. The number of anilines is 1. The molecule has 9 heteroatoms. The summed E-state index contributed by atoms with van der Waals surface area (Å²) in [6.07, 6.45) is 0.672. The van der Waals surface area contributed by atoms with Crippen molar-refractivity contribution in [1.82, 2.24) is 18.9 Å². The topological polar surface area (TPSA) is 79.6 Å². The Morgan fingerprint density at radius 1 is 0.906 bits per heavy atom. The van der Waals surface area contributed by atoms with Crippen molar-refractivity contribution in [1.29, 1.82) is 0 Å². The second-order valence-corrected chi connectivity index (χ2v) is 8.20. The highest BCUT2D eigenvalue weighted by atomic mass is 35.5. The van der Waals surface area contributed by atoms with Crippen LogP contribution >= 0.6 is 11.6 Å². The molecule has 1 saturated heterocycles. The van der Waals surface area contributed by atoms with Crippen LogP contribution in [0.2, 0.25) is 5.02 Å². The molecule has 0 spiro atoms. The molecule has 1 aliphatic heterocycles. The van der Waals surface area contributed by atoms with Crippen LogP contribution in [0, 0.1) is 0 Å². The lowest BCUT2D eigenvalue weighted by Gasteiger charge is -2.22. The van der Waals surface area contributed by atoms with Crippen molar-refractivity contribution in [2.75, 3.05) is 31.5 Å². The van der Waals surface area contributed by atoms with E-state index in [2.05, 4.69) is 5.32 Å². The van der Waals surface area contributed by atoms with Gasteiger partial charge in [-0.05, 0) is 49.7 Å². The molecule has 0 radical (unpaired) electrons. The Morgan fingerprint density at radius 2 is 1.53 bits per heavy atom. The van der Waals surface area contributed by atoms with Crippen molar-refractivity contribution >= 4 is 40.3 Å². The van der Waals surface area contributed by atoms with Crippen LogP contribution in [0.15, 0.2) is 53.3 Å².